The Morgan fingerprint density at radius 2 is 2.67 bits per heavy atom. The summed E-state index contributed by atoms with van der Waals surface area (Å²) in [6, 6.07) is 2.95. The molecular formula is C6H7N2O. The van der Waals surface area contributed by atoms with Crippen LogP contribution in [0.25, 0.3) is 0 Å². The number of hydrogen-bond donors (Lipinski definition) is 0. The first kappa shape index (κ1) is 6.01. The molecule has 0 unspecified atom stereocenters. The normalized spacial score (nSPS) is 9.44. The highest BCUT2D eigenvalue weighted by atomic mass is 16.1. The van der Waals surface area contributed by atoms with Crippen molar-refractivity contribution in [3.8, 4) is 0 Å². The molecule has 3 nitrogen and oxygen atoms in total. The summed E-state index contributed by atoms with van der Waals surface area (Å²) in [5.41, 5.74) is -0.0729. The van der Waals surface area contributed by atoms with E-state index >= 15 is 0 Å². The van der Waals surface area contributed by atoms with Gasteiger partial charge < -0.3 is 0 Å². The fourth-order valence-corrected chi connectivity index (χ4v) is 0.573. The lowest BCUT2D eigenvalue weighted by Crippen LogP contribution is -2.19. The number of hydrogen-bond acceptors (Lipinski definition) is 2. The van der Waals surface area contributed by atoms with Crippen LogP contribution in [0, 0.1) is 6.20 Å². The highest BCUT2D eigenvalue weighted by Gasteiger charge is 1.87. The van der Waals surface area contributed by atoms with E-state index < -0.39 is 0 Å². The van der Waals surface area contributed by atoms with Gasteiger partial charge in [0.05, 0.1) is 0 Å². The predicted molar refractivity (Wildman–Crippen MR) is 33.0 cm³/mol. The van der Waals surface area contributed by atoms with Gasteiger partial charge in [-0.2, -0.15) is 5.10 Å². The molecule has 0 saturated heterocycles. The van der Waals surface area contributed by atoms with E-state index in [9.17, 15) is 4.79 Å². The standard InChI is InChI=1S/C6H7N2O/c1-2-8-6(9)4-3-5-7-8/h3-4H,2H2,1H3. The zero-order chi connectivity index (χ0) is 6.69. The predicted octanol–water partition coefficient (Wildman–Crippen LogP) is 0.0634. The average molecular weight is 123 g/mol. The Morgan fingerprint density at radius 3 is 3.11 bits per heavy atom. The van der Waals surface area contributed by atoms with Gasteiger partial charge in [-0.3, -0.25) is 4.79 Å². The van der Waals surface area contributed by atoms with E-state index in [0.717, 1.165) is 0 Å². The molecule has 1 heterocycles. The van der Waals surface area contributed by atoms with Crippen LogP contribution in [0.5, 0.6) is 0 Å². The van der Waals surface area contributed by atoms with Crippen molar-refractivity contribution in [2.24, 2.45) is 0 Å². The molecule has 1 aromatic rings. The van der Waals surface area contributed by atoms with E-state index in [1.807, 2.05) is 6.92 Å². The maximum atomic E-state index is 10.7. The molecule has 1 radical (unpaired) electrons. The monoisotopic (exact) mass is 123 g/mol. The number of aromatic nitrogens is 2. The van der Waals surface area contributed by atoms with Crippen LogP contribution < -0.4 is 5.56 Å². The fraction of sp³-hybridized carbons (Fsp3) is 0.333. The lowest BCUT2D eigenvalue weighted by atomic mass is 10.6. The Balaban J connectivity index is 3.16. The van der Waals surface area contributed by atoms with Gasteiger partial charge in [0.2, 0.25) is 0 Å². The first-order valence-electron chi connectivity index (χ1n) is 2.79. The molecule has 0 aliphatic heterocycles. The van der Waals surface area contributed by atoms with Crippen LogP contribution in [0.2, 0.25) is 0 Å². The van der Waals surface area contributed by atoms with Gasteiger partial charge in [-0.15, -0.1) is 0 Å². The summed E-state index contributed by atoms with van der Waals surface area (Å²) < 4.78 is 1.35. The lowest BCUT2D eigenvalue weighted by Gasteiger charge is -1.93. The highest BCUT2D eigenvalue weighted by Crippen LogP contribution is 1.71. The van der Waals surface area contributed by atoms with Crippen molar-refractivity contribution < 1.29 is 0 Å². The van der Waals surface area contributed by atoms with Crippen molar-refractivity contribution in [3.05, 3.63) is 28.7 Å². The van der Waals surface area contributed by atoms with E-state index in [1.54, 1.807) is 0 Å². The SMILES string of the molecule is CCn1n[c]ccc1=O. The molecule has 0 aliphatic rings. The maximum absolute atomic E-state index is 10.7. The Morgan fingerprint density at radius 1 is 1.89 bits per heavy atom. The molecular weight excluding hydrogens is 116 g/mol. The van der Waals surface area contributed by atoms with E-state index in [0.29, 0.717) is 6.54 Å². The van der Waals surface area contributed by atoms with Crippen LogP contribution >= 0.6 is 0 Å². The molecule has 0 aliphatic carbocycles. The first-order chi connectivity index (χ1) is 4.34. The summed E-state index contributed by atoms with van der Waals surface area (Å²) in [6.07, 6.45) is 2.57. The smallest absolute Gasteiger partial charge is 0.266 e. The molecule has 0 bridgehead atoms. The van der Waals surface area contributed by atoms with Crippen molar-refractivity contribution in [2.45, 2.75) is 13.5 Å². The van der Waals surface area contributed by atoms with Gasteiger partial charge in [0, 0.05) is 12.6 Å². The second-order valence-electron chi connectivity index (χ2n) is 1.62. The Kier molecular flexibility index (Phi) is 1.63. The van der Waals surface area contributed by atoms with Gasteiger partial charge in [-0.05, 0) is 13.0 Å². The second-order valence-corrected chi connectivity index (χ2v) is 1.62. The average Bonchev–Trinajstić information content (AvgIpc) is 1.89. The van der Waals surface area contributed by atoms with Gasteiger partial charge >= 0.3 is 0 Å². The molecule has 0 atom stereocenters. The summed E-state index contributed by atoms with van der Waals surface area (Å²) in [7, 11) is 0. The topological polar surface area (TPSA) is 34.9 Å². The van der Waals surface area contributed by atoms with E-state index in [-0.39, 0.29) is 5.56 Å². The summed E-state index contributed by atoms with van der Waals surface area (Å²) in [4.78, 5) is 10.7. The molecule has 0 spiro atoms. The molecule has 0 amide bonds. The number of rotatable bonds is 1. The van der Waals surface area contributed by atoms with Crippen LogP contribution in [0.4, 0.5) is 0 Å². The van der Waals surface area contributed by atoms with Gasteiger partial charge in [0.15, 0.2) is 0 Å². The van der Waals surface area contributed by atoms with E-state index in [1.165, 1.54) is 16.8 Å². The minimum atomic E-state index is -0.0729. The molecule has 0 N–H and O–H groups in total. The second kappa shape index (κ2) is 2.44. The van der Waals surface area contributed by atoms with Crippen molar-refractivity contribution in [3.63, 3.8) is 0 Å². The van der Waals surface area contributed by atoms with Crippen LogP contribution in [-0.2, 0) is 6.54 Å². The van der Waals surface area contributed by atoms with Crippen molar-refractivity contribution in [1.29, 1.82) is 0 Å². The zero-order valence-corrected chi connectivity index (χ0v) is 5.16. The zero-order valence-electron chi connectivity index (χ0n) is 5.16. The summed E-state index contributed by atoms with van der Waals surface area (Å²) in [5, 5.41) is 3.68. The van der Waals surface area contributed by atoms with Crippen molar-refractivity contribution >= 4 is 0 Å². The molecule has 1 aromatic heterocycles. The third kappa shape index (κ3) is 1.16. The first-order valence-corrected chi connectivity index (χ1v) is 2.79. The summed E-state index contributed by atoms with van der Waals surface area (Å²) in [5.74, 6) is 0. The minimum absolute atomic E-state index is 0.0729. The van der Waals surface area contributed by atoms with Crippen molar-refractivity contribution in [2.75, 3.05) is 0 Å². The molecule has 47 valence electrons. The van der Waals surface area contributed by atoms with Crippen LogP contribution in [-0.4, -0.2) is 9.78 Å². The summed E-state index contributed by atoms with van der Waals surface area (Å²) in [6.45, 7) is 2.47. The number of nitrogens with zero attached hydrogens (tertiary/aromatic N) is 2. The number of aryl methyl sites for hydroxylation is 1. The third-order valence-electron chi connectivity index (χ3n) is 1.03. The maximum Gasteiger partial charge on any atom is 0.266 e. The third-order valence-corrected chi connectivity index (χ3v) is 1.03. The molecule has 9 heavy (non-hydrogen) atoms. The van der Waals surface area contributed by atoms with E-state index in [4.69, 9.17) is 0 Å². The fourth-order valence-electron chi connectivity index (χ4n) is 0.573. The lowest BCUT2D eigenvalue weighted by molar-refractivity contribution is 0.613. The quantitative estimate of drug-likeness (QED) is 0.529. The van der Waals surface area contributed by atoms with Crippen LogP contribution in [0.15, 0.2) is 16.9 Å². The molecule has 3 heteroatoms. The van der Waals surface area contributed by atoms with Gasteiger partial charge in [-0.25, -0.2) is 4.68 Å². The molecule has 0 aromatic carbocycles. The minimum Gasteiger partial charge on any atom is -0.268 e. The van der Waals surface area contributed by atoms with Crippen molar-refractivity contribution in [1.82, 2.24) is 9.78 Å². The van der Waals surface area contributed by atoms with Gasteiger partial charge in [-0.1, -0.05) is 0 Å². The van der Waals surface area contributed by atoms with Gasteiger partial charge in [0.25, 0.3) is 5.56 Å². The van der Waals surface area contributed by atoms with Crippen LogP contribution in [0.3, 0.4) is 0 Å². The highest BCUT2D eigenvalue weighted by molar-refractivity contribution is 4.82. The molecule has 0 fully saturated rings. The van der Waals surface area contributed by atoms with Crippen LogP contribution in [0.1, 0.15) is 6.92 Å². The van der Waals surface area contributed by atoms with Gasteiger partial charge in [0.1, 0.15) is 6.20 Å². The largest absolute Gasteiger partial charge is 0.268 e. The summed E-state index contributed by atoms with van der Waals surface area (Å²) >= 11 is 0. The molecule has 0 saturated carbocycles. The van der Waals surface area contributed by atoms with E-state index in [2.05, 4.69) is 11.3 Å². The Labute approximate surface area is 52.9 Å². The molecule has 1 rings (SSSR count). The Hall–Kier alpha value is -1.12. The Bertz CT molecular complexity index is 241.